The quantitative estimate of drug-likeness (QED) is 0.748. The van der Waals surface area contributed by atoms with E-state index in [9.17, 15) is 0 Å². The number of aromatic nitrogens is 3. The standard InChI is InChI=1S/C11H13N3S/c1-7-3-6-12-9-8(7)13-10(15)14(9)11(2)4-5-11/h3,6H,4-5H2,1-2H3,(H,13,15). The van der Waals surface area contributed by atoms with Gasteiger partial charge in [0, 0.05) is 11.7 Å². The van der Waals surface area contributed by atoms with Crippen LogP contribution in [0.25, 0.3) is 11.2 Å². The van der Waals surface area contributed by atoms with E-state index >= 15 is 0 Å². The number of aromatic amines is 1. The van der Waals surface area contributed by atoms with Crippen molar-refractivity contribution in [1.29, 1.82) is 0 Å². The van der Waals surface area contributed by atoms with Gasteiger partial charge in [-0.3, -0.25) is 4.57 Å². The Morgan fingerprint density at radius 1 is 1.53 bits per heavy atom. The van der Waals surface area contributed by atoms with Crippen LogP contribution in [0.2, 0.25) is 0 Å². The van der Waals surface area contributed by atoms with Crippen LogP contribution in [-0.2, 0) is 5.54 Å². The van der Waals surface area contributed by atoms with E-state index in [-0.39, 0.29) is 5.54 Å². The molecule has 2 aromatic rings. The van der Waals surface area contributed by atoms with Gasteiger partial charge in [-0.15, -0.1) is 0 Å². The van der Waals surface area contributed by atoms with E-state index in [1.165, 1.54) is 18.4 Å². The zero-order valence-electron chi connectivity index (χ0n) is 8.87. The molecule has 3 nitrogen and oxygen atoms in total. The van der Waals surface area contributed by atoms with Crippen LogP contribution in [0.3, 0.4) is 0 Å². The number of rotatable bonds is 1. The number of nitrogens with zero attached hydrogens (tertiary/aromatic N) is 2. The van der Waals surface area contributed by atoms with Crippen molar-refractivity contribution in [2.24, 2.45) is 0 Å². The molecule has 1 N–H and O–H groups in total. The Kier molecular flexibility index (Phi) is 1.63. The lowest BCUT2D eigenvalue weighted by Gasteiger charge is -2.10. The fourth-order valence-electron chi connectivity index (χ4n) is 2.03. The number of fused-ring (bicyclic) bond motifs is 1. The van der Waals surface area contributed by atoms with E-state index in [4.69, 9.17) is 12.2 Å². The number of nitrogens with one attached hydrogen (secondary N) is 1. The molecular weight excluding hydrogens is 206 g/mol. The fraction of sp³-hybridized carbons (Fsp3) is 0.455. The summed E-state index contributed by atoms with van der Waals surface area (Å²) in [6, 6.07) is 2.01. The summed E-state index contributed by atoms with van der Waals surface area (Å²) in [5.41, 5.74) is 3.49. The van der Waals surface area contributed by atoms with Gasteiger partial charge >= 0.3 is 0 Å². The minimum Gasteiger partial charge on any atom is -0.329 e. The van der Waals surface area contributed by atoms with E-state index in [2.05, 4.69) is 28.4 Å². The van der Waals surface area contributed by atoms with Gasteiger partial charge in [-0.05, 0) is 50.5 Å². The van der Waals surface area contributed by atoms with Crippen molar-refractivity contribution in [3.05, 3.63) is 22.6 Å². The third-order valence-electron chi connectivity index (χ3n) is 3.30. The molecule has 4 heteroatoms. The maximum Gasteiger partial charge on any atom is 0.179 e. The summed E-state index contributed by atoms with van der Waals surface area (Å²) in [6.07, 6.45) is 4.25. The molecule has 0 spiro atoms. The topological polar surface area (TPSA) is 33.6 Å². The highest BCUT2D eigenvalue weighted by Gasteiger charge is 2.41. The maximum atomic E-state index is 5.37. The Bertz CT molecular complexity index is 589. The van der Waals surface area contributed by atoms with Gasteiger partial charge in [0.25, 0.3) is 0 Å². The summed E-state index contributed by atoms with van der Waals surface area (Å²) in [6.45, 7) is 4.31. The molecule has 3 rings (SSSR count). The number of hydrogen-bond donors (Lipinski definition) is 1. The van der Waals surface area contributed by atoms with Crippen LogP contribution in [0.5, 0.6) is 0 Å². The highest BCUT2D eigenvalue weighted by atomic mass is 32.1. The van der Waals surface area contributed by atoms with Crippen molar-refractivity contribution in [2.45, 2.75) is 32.2 Å². The minimum atomic E-state index is 0.204. The Labute approximate surface area is 93.1 Å². The third-order valence-corrected chi connectivity index (χ3v) is 3.58. The van der Waals surface area contributed by atoms with Gasteiger partial charge in [-0.2, -0.15) is 0 Å². The highest BCUT2D eigenvalue weighted by Crippen LogP contribution is 2.44. The molecule has 0 radical (unpaired) electrons. The predicted molar refractivity (Wildman–Crippen MR) is 62.5 cm³/mol. The lowest BCUT2D eigenvalue weighted by atomic mass is 10.2. The van der Waals surface area contributed by atoms with E-state index in [0.717, 1.165) is 15.9 Å². The van der Waals surface area contributed by atoms with Crippen molar-refractivity contribution in [1.82, 2.24) is 14.5 Å². The average Bonchev–Trinajstić information content (AvgIpc) is 2.80. The van der Waals surface area contributed by atoms with Crippen molar-refractivity contribution < 1.29 is 0 Å². The normalized spacial score (nSPS) is 18.3. The Hall–Kier alpha value is -1.16. The van der Waals surface area contributed by atoms with Crippen LogP contribution in [0.4, 0.5) is 0 Å². The van der Waals surface area contributed by atoms with Gasteiger partial charge in [-0.1, -0.05) is 0 Å². The summed E-state index contributed by atoms with van der Waals surface area (Å²) in [5.74, 6) is 0. The Morgan fingerprint density at radius 3 is 2.93 bits per heavy atom. The second kappa shape index (κ2) is 2.70. The van der Waals surface area contributed by atoms with Crippen LogP contribution >= 0.6 is 12.2 Å². The number of aryl methyl sites for hydroxylation is 1. The molecule has 0 aromatic carbocycles. The van der Waals surface area contributed by atoms with Crippen molar-refractivity contribution in [3.63, 3.8) is 0 Å². The summed E-state index contributed by atoms with van der Waals surface area (Å²) in [4.78, 5) is 7.69. The molecule has 2 heterocycles. The lowest BCUT2D eigenvalue weighted by molar-refractivity contribution is 0.538. The average molecular weight is 219 g/mol. The molecule has 15 heavy (non-hydrogen) atoms. The molecule has 0 bridgehead atoms. The second-order valence-electron chi connectivity index (χ2n) is 4.59. The van der Waals surface area contributed by atoms with Gasteiger partial charge in [-0.25, -0.2) is 4.98 Å². The number of H-pyrrole nitrogens is 1. The van der Waals surface area contributed by atoms with Crippen LogP contribution in [0.15, 0.2) is 12.3 Å². The van der Waals surface area contributed by atoms with E-state index in [1.807, 2.05) is 12.3 Å². The molecule has 1 fully saturated rings. The van der Waals surface area contributed by atoms with E-state index in [0.29, 0.717) is 0 Å². The Morgan fingerprint density at radius 2 is 2.27 bits per heavy atom. The highest BCUT2D eigenvalue weighted by molar-refractivity contribution is 7.71. The summed E-state index contributed by atoms with van der Waals surface area (Å²) in [5, 5.41) is 0. The summed E-state index contributed by atoms with van der Waals surface area (Å²) in [7, 11) is 0. The molecule has 0 atom stereocenters. The summed E-state index contributed by atoms with van der Waals surface area (Å²) < 4.78 is 2.97. The first kappa shape index (κ1) is 9.09. The van der Waals surface area contributed by atoms with Crippen molar-refractivity contribution in [3.8, 4) is 0 Å². The lowest BCUT2D eigenvalue weighted by Crippen LogP contribution is -2.12. The van der Waals surface area contributed by atoms with Gasteiger partial charge in [0.05, 0.1) is 5.52 Å². The van der Waals surface area contributed by atoms with E-state index in [1.54, 1.807) is 0 Å². The van der Waals surface area contributed by atoms with Gasteiger partial charge in [0.2, 0.25) is 0 Å². The van der Waals surface area contributed by atoms with Crippen LogP contribution in [-0.4, -0.2) is 14.5 Å². The molecular formula is C11H13N3S. The van der Waals surface area contributed by atoms with Crippen molar-refractivity contribution >= 4 is 23.4 Å². The third kappa shape index (κ3) is 1.17. The Balaban J connectivity index is 2.43. The first-order valence-electron chi connectivity index (χ1n) is 5.19. The fourth-order valence-corrected chi connectivity index (χ4v) is 2.44. The number of imidazole rings is 1. The maximum absolute atomic E-state index is 5.37. The first-order chi connectivity index (χ1) is 7.12. The first-order valence-corrected chi connectivity index (χ1v) is 5.59. The molecule has 2 aromatic heterocycles. The smallest absolute Gasteiger partial charge is 0.179 e. The predicted octanol–water partition coefficient (Wildman–Crippen LogP) is 2.91. The zero-order valence-corrected chi connectivity index (χ0v) is 9.69. The molecule has 1 aliphatic rings. The van der Waals surface area contributed by atoms with Crippen LogP contribution < -0.4 is 0 Å². The minimum absolute atomic E-state index is 0.204. The zero-order chi connectivity index (χ0) is 10.6. The van der Waals surface area contributed by atoms with Crippen LogP contribution in [0, 0.1) is 11.7 Å². The second-order valence-corrected chi connectivity index (χ2v) is 4.98. The monoisotopic (exact) mass is 219 g/mol. The summed E-state index contributed by atoms with van der Waals surface area (Å²) >= 11 is 5.37. The SMILES string of the molecule is Cc1ccnc2c1[nH]c(=S)n2C1(C)CC1. The molecule has 1 aliphatic carbocycles. The molecule has 0 aliphatic heterocycles. The molecule has 0 amide bonds. The number of hydrogen-bond acceptors (Lipinski definition) is 2. The van der Waals surface area contributed by atoms with Crippen molar-refractivity contribution in [2.75, 3.05) is 0 Å². The van der Waals surface area contributed by atoms with Gasteiger partial charge in [0.15, 0.2) is 10.4 Å². The number of pyridine rings is 1. The molecule has 78 valence electrons. The largest absolute Gasteiger partial charge is 0.329 e. The van der Waals surface area contributed by atoms with Crippen LogP contribution in [0.1, 0.15) is 25.3 Å². The molecule has 0 saturated heterocycles. The molecule has 1 saturated carbocycles. The molecule has 0 unspecified atom stereocenters. The van der Waals surface area contributed by atoms with Gasteiger partial charge < -0.3 is 4.98 Å². The van der Waals surface area contributed by atoms with Gasteiger partial charge in [0.1, 0.15) is 0 Å². The van der Waals surface area contributed by atoms with E-state index < -0.39 is 0 Å².